The van der Waals surface area contributed by atoms with Crippen LogP contribution in [0, 0.1) is 5.21 Å². The Balaban J connectivity index is 2.55. The number of halogens is 1. The van der Waals surface area contributed by atoms with Crippen LogP contribution in [0.25, 0.3) is 0 Å². The fourth-order valence-corrected chi connectivity index (χ4v) is 1.67. The average molecular weight is 152 g/mol. The summed E-state index contributed by atoms with van der Waals surface area (Å²) in [5.41, 5.74) is 0. The van der Waals surface area contributed by atoms with Crippen LogP contribution < -0.4 is 0 Å². The Morgan fingerprint density at radius 3 is 2.75 bits per heavy atom. The molecule has 8 heavy (non-hydrogen) atoms. The number of hydroxylamine groups is 2. The topological polar surface area (TPSA) is 23.1 Å². The van der Waals surface area contributed by atoms with Gasteiger partial charge in [0, 0.05) is 6.08 Å². The van der Waals surface area contributed by atoms with E-state index in [1.54, 1.807) is 13.1 Å². The van der Waals surface area contributed by atoms with E-state index in [0.717, 1.165) is 11.9 Å². The van der Waals surface area contributed by atoms with Crippen molar-refractivity contribution in [2.75, 3.05) is 13.6 Å². The normalized spacial score (nSPS) is 37.6. The van der Waals surface area contributed by atoms with Gasteiger partial charge in [0.1, 0.15) is 22.9 Å². The molecule has 1 heterocycles. The van der Waals surface area contributed by atoms with Gasteiger partial charge in [-0.05, 0) is 0 Å². The van der Waals surface area contributed by atoms with Crippen molar-refractivity contribution in [3.8, 4) is 0 Å². The van der Waals surface area contributed by atoms with E-state index in [1.807, 2.05) is 0 Å². The van der Waals surface area contributed by atoms with Gasteiger partial charge in [0.2, 0.25) is 0 Å². The van der Waals surface area contributed by atoms with Gasteiger partial charge in [-0.15, -0.1) is 0 Å². The summed E-state index contributed by atoms with van der Waals surface area (Å²) in [5, 5.41) is 10.9. The Labute approximate surface area is 57.4 Å². The molecule has 0 saturated carbocycles. The largest absolute Gasteiger partial charge is 0.620 e. The van der Waals surface area contributed by atoms with Gasteiger partial charge in [0.25, 0.3) is 0 Å². The lowest BCUT2D eigenvalue weighted by Gasteiger charge is -2.29. The van der Waals surface area contributed by atoms with Crippen LogP contribution in [-0.4, -0.2) is 17.6 Å². The fraction of sp³-hybridized carbons (Fsp3) is 0.500. The lowest BCUT2D eigenvalue weighted by Crippen LogP contribution is -2.25. The Hall–Kier alpha value is 0.300. The van der Waals surface area contributed by atoms with Crippen LogP contribution in [0.2, 0.25) is 0 Å². The molecule has 1 rings (SSSR count). The van der Waals surface area contributed by atoms with Crippen LogP contribution in [0.15, 0.2) is 10.4 Å². The third-order valence-electron chi connectivity index (χ3n) is 0.864. The van der Waals surface area contributed by atoms with Crippen molar-refractivity contribution in [2.45, 2.75) is 0 Å². The van der Waals surface area contributed by atoms with Crippen LogP contribution in [-0.2, 0) is 0 Å². The van der Waals surface area contributed by atoms with Gasteiger partial charge in [-0.1, -0.05) is 11.6 Å². The highest BCUT2D eigenvalue weighted by Gasteiger charge is 2.20. The van der Waals surface area contributed by atoms with E-state index < -0.39 is 0 Å². The molecule has 1 unspecified atom stereocenters. The van der Waals surface area contributed by atoms with Gasteiger partial charge >= 0.3 is 0 Å². The summed E-state index contributed by atoms with van der Waals surface area (Å²) in [6.07, 6.45) is 1.74. The first-order valence-electron chi connectivity index (χ1n) is 2.22. The van der Waals surface area contributed by atoms with Gasteiger partial charge in [-0.25, -0.2) is 0 Å². The molecular formula is C4H6ClNOS. The van der Waals surface area contributed by atoms with Gasteiger partial charge in [0.15, 0.2) is 0 Å². The highest BCUT2D eigenvalue weighted by atomic mass is 35.5. The molecule has 0 fully saturated rings. The lowest BCUT2D eigenvalue weighted by atomic mass is 10.6. The highest BCUT2D eigenvalue weighted by molar-refractivity contribution is 7.99. The molecule has 0 saturated heterocycles. The number of hydrogen-bond acceptors (Lipinski definition) is 2. The van der Waals surface area contributed by atoms with Crippen LogP contribution >= 0.6 is 23.5 Å². The molecule has 0 bridgehead atoms. The first-order chi connectivity index (χ1) is 3.60. The predicted molar refractivity (Wildman–Crippen MR) is 35.9 cm³/mol. The van der Waals surface area contributed by atoms with Gasteiger partial charge in [0.05, 0.1) is 7.05 Å². The number of quaternary nitrogens is 1. The maximum atomic E-state index is 10.9. The van der Waals surface area contributed by atoms with Crippen molar-refractivity contribution < 1.29 is 4.05 Å². The van der Waals surface area contributed by atoms with Crippen LogP contribution in [0.3, 0.4) is 0 Å². The minimum atomic E-state index is -0.321. The second kappa shape index (κ2) is 1.92. The van der Waals surface area contributed by atoms with Gasteiger partial charge in [-0.3, -0.25) is 4.05 Å². The van der Waals surface area contributed by atoms with Crippen molar-refractivity contribution >= 4 is 23.5 Å². The van der Waals surface area contributed by atoms with E-state index in [2.05, 4.69) is 0 Å². The predicted octanol–water partition coefficient (Wildman–Crippen LogP) is 1.67. The van der Waals surface area contributed by atoms with Crippen molar-refractivity contribution in [2.24, 2.45) is 0 Å². The van der Waals surface area contributed by atoms with E-state index >= 15 is 0 Å². The molecule has 0 aromatic carbocycles. The highest BCUT2D eigenvalue weighted by Crippen LogP contribution is 2.34. The first-order valence-corrected chi connectivity index (χ1v) is 3.37. The summed E-state index contributed by atoms with van der Waals surface area (Å²) >= 11 is 6.64. The van der Waals surface area contributed by atoms with Crippen LogP contribution in [0.1, 0.15) is 0 Å². The average Bonchev–Trinajstić information content (AvgIpc) is 1.82. The van der Waals surface area contributed by atoms with E-state index in [9.17, 15) is 5.21 Å². The second-order valence-corrected chi connectivity index (χ2v) is 3.82. The summed E-state index contributed by atoms with van der Waals surface area (Å²) in [6.45, 7) is 0.490. The summed E-state index contributed by atoms with van der Waals surface area (Å²) in [4.78, 5) is 0. The molecule has 1 aliphatic rings. The molecule has 0 amide bonds. The zero-order valence-corrected chi connectivity index (χ0v) is 6.00. The summed E-state index contributed by atoms with van der Waals surface area (Å²) in [5.74, 6) is 0. The van der Waals surface area contributed by atoms with E-state index in [-0.39, 0.29) is 4.05 Å². The Bertz CT molecular complexity index is 134. The maximum absolute atomic E-state index is 10.9. The van der Waals surface area contributed by atoms with Crippen LogP contribution in [0.4, 0.5) is 0 Å². The monoisotopic (exact) mass is 151 g/mol. The second-order valence-electron chi connectivity index (χ2n) is 1.80. The molecule has 0 N–H and O–H groups in total. The molecule has 1 aliphatic heterocycles. The summed E-state index contributed by atoms with van der Waals surface area (Å²) < 4.78 is 0.293. The minimum Gasteiger partial charge on any atom is -0.620 e. The van der Waals surface area contributed by atoms with Crippen LogP contribution in [0.5, 0.6) is 0 Å². The Kier molecular flexibility index (Phi) is 1.54. The molecule has 0 radical (unpaired) electrons. The molecule has 1 atom stereocenters. The Morgan fingerprint density at radius 1 is 2.00 bits per heavy atom. The number of rotatable bonds is 0. The maximum Gasteiger partial charge on any atom is 0.134 e. The SMILES string of the molecule is C[N+]1([O-])CC=C(Cl)S1. The fourth-order valence-electron chi connectivity index (χ4n) is 0.497. The van der Waals surface area contributed by atoms with Gasteiger partial charge in [-0.2, -0.15) is 0 Å². The molecule has 0 aromatic heterocycles. The quantitative estimate of drug-likeness (QED) is 0.299. The van der Waals surface area contributed by atoms with E-state index in [4.69, 9.17) is 11.6 Å². The molecule has 2 nitrogen and oxygen atoms in total. The standard InChI is InChI=1S/C4H6ClNOS/c1-6(7)3-2-4(5)8-6/h2H,3H2,1H3. The van der Waals surface area contributed by atoms with Crippen molar-refractivity contribution in [1.82, 2.24) is 0 Å². The van der Waals surface area contributed by atoms with E-state index in [0.29, 0.717) is 10.9 Å². The third kappa shape index (κ3) is 1.39. The number of nitrogens with zero attached hydrogens (tertiary/aromatic N) is 1. The Morgan fingerprint density at radius 2 is 2.62 bits per heavy atom. The molecular weight excluding hydrogens is 146 g/mol. The van der Waals surface area contributed by atoms with Crippen molar-refractivity contribution in [3.05, 3.63) is 15.6 Å². The van der Waals surface area contributed by atoms with Crippen molar-refractivity contribution in [3.63, 3.8) is 0 Å². The third-order valence-corrected chi connectivity index (χ3v) is 2.10. The minimum absolute atomic E-state index is 0.321. The first kappa shape index (κ1) is 6.42. The van der Waals surface area contributed by atoms with Crippen molar-refractivity contribution in [1.29, 1.82) is 0 Å². The summed E-state index contributed by atoms with van der Waals surface area (Å²) in [6, 6.07) is 0. The van der Waals surface area contributed by atoms with Gasteiger partial charge < -0.3 is 5.21 Å². The summed E-state index contributed by atoms with van der Waals surface area (Å²) in [7, 11) is 1.58. The number of hydrogen-bond donors (Lipinski definition) is 0. The molecule has 4 heteroatoms. The zero-order chi connectivity index (χ0) is 6.20. The molecule has 0 spiro atoms. The molecule has 0 aliphatic carbocycles. The zero-order valence-electron chi connectivity index (χ0n) is 4.43. The smallest absolute Gasteiger partial charge is 0.134 e. The van der Waals surface area contributed by atoms with E-state index in [1.165, 1.54) is 0 Å². The molecule has 0 aromatic rings. The lowest BCUT2D eigenvalue weighted by molar-refractivity contribution is -0.706. The molecule has 46 valence electrons. The number of likely N-dealkylation sites (N-methyl/N-ethyl adjacent to an activating group) is 1.